The standard InChI is InChI=1S/C15H11Cl2F2NO/c1-20(8-9-2-4-10(16)5-3-9)15(21)11-6-13(18)14(19)7-12(11)17/h2-7H,8H2,1H3. The van der Waals surface area contributed by atoms with Gasteiger partial charge in [0.25, 0.3) is 5.91 Å². The molecule has 6 heteroatoms. The summed E-state index contributed by atoms with van der Waals surface area (Å²) in [6, 6.07) is 8.57. The lowest BCUT2D eigenvalue weighted by Gasteiger charge is -2.18. The minimum atomic E-state index is -1.11. The molecule has 2 rings (SSSR count). The van der Waals surface area contributed by atoms with Crippen LogP contribution in [-0.4, -0.2) is 17.9 Å². The molecular formula is C15H11Cl2F2NO. The van der Waals surface area contributed by atoms with E-state index in [2.05, 4.69) is 0 Å². The lowest BCUT2D eigenvalue weighted by atomic mass is 10.1. The Morgan fingerprint density at radius 1 is 1.10 bits per heavy atom. The minimum Gasteiger partial charge on any atom is -0.337 e. The highest BCUT2D eigenvalue weighted by molar-refractivity contribution is 6.33. The number of hydrogen-bond acceptors (Lipinski definition) is 1. The van der Waals surface area contributed by atoms with Gasteiger partial charge in [0, 0.05) is 18.6 Å². The number of benzene rings is 2. The van der Waals surface area contributed by atoms with E-state index in [1.54, 1.807) is 31.3 Å². The minimum absolute atomic E-state index is 0.0768. The Hall–Kier alpha value is -1.65. The van der Waals surface area contributed by atoms with E-state index in [1.807, 2.05) is 0 Å². The van der Waals surface area contributed by atoms with Crippen molar-refractivity contribution in [1.82, 2.24) is 4.90 Å². The third-order valence-corrected chi connectivity index (χ3v) is 3.48. The first-order chi connectivity index (χ1) is 9.88. The van der Waals surface area contributed by atoms with Gasteiger partial charge in [-0.25, -0.2) is 8.78 Å². The van der Waals surface area contributed by atoms with Crippen LogP contribution in [0.5, 0.6) is 0 Å². The molecule has 0 N–H and O–H groups in total. The molecule has 0 aromatic heterocycles. The zero-order valence-electron chi connectivity index (χ0n) is 11.0. The third-order valence-electron chi connectivity index (χ3n) is 2.92. The highest BCUT2D eigenvalue weighted by atomic mass is 35.5. The van der Waals surface area contributed by atoms with E-state index < -0.39 is 17.5 Å². The first kappa shape index (κ1) is 15.7. The molecule has 0 unspecified atom stereocenters. The van der Waals surface area contributed by atoms with Crippen LogP contribution in [0.4, 0.5) is 8.78 Å². The quantitative estimate of drug-likeness (QED) is 0.757. The molecule has 1 amide bonds. The Balaban J connectivity index is 2.19. The Bertz CT molecular complexity index is 674. The summed E-state index contributed by atoms with van der Waals surface area (Å²) in [5, 5.41) is 0.471. The van der Waals surface area contributed by atoms with Gasteiger partial charge < -0.3 is 4.90 Å². The van der Waals surface area contributed by atoms with E-state index in [0.29, 0.717) is 11.6 Å². The fourth-order valence-corrected chi connectivity index (χ4v) is 2.18. The van der Waals surface area contributed by atoms with Gasteiger partial charge in [-0.2, -0.15) is 0 Å². The molecule has 0 aliphatic heterocycles. The molecule has 0 fully saturated rings. The van der Waals surface area contributed by atoms with E-state index in [0.717, 1.165) is 17.7 Å². The maximum atomic E-state index is 13.2. The number of rotatable bonds is 3. The van der Waals surface area contributed by atoms with E-state index >= 15 is 0 Å². The predicted octanol–water partition coefficient (Wildman–Crippen LogP) is 4.54. The fraction of sp³-hybridized carbons (Fsp3) is 0.133. The van der Waals surface area contributed by atoms with Crippen LogP contribution >= 0.6 is 23.2 Å². The Kier molecular flexibility index (Phi) is 4.80. The highest BCUT2D eigenvalue weighted by Gasteiger charge is 2.18. The van der Waals surface area contributed by atoms with E-state index in [-0.39, 0.29) is 10.6 Å². The van der Waals surface area contributed by atoms with Crippen molar-refractivity contribution in [1.29, 1.82) is 0 Å². The number of halogens is 4. The van der Waals surface area contributed by atoms with Gasteiger partial charge in [-0.3, -0.25) is 4.79 Å². The first-order valence-electron chi connectivity index (χ1n) is 6.03. The van der Waals surface area contributed by atoms with Crippen LogP contribution in [0.15, 0.2) is 36.4 Å². The molecule has 110 valence electrons. The predicted molar refractivity (Wildman–Crippen MR) is 78.6 cm³/mol. The number of amides is 1. The lowest BCUT2D eigenvalue weighted by molar-refractivity contribution is 0.0784. The summed E-state index contributed by atoms with van der Waals surface area (Å²) in [7, 11) is 1.55. The van der Waals surface area contributed by atoms with Gasteiger partial charge in [0.2, 0.25) is 0 Å². The van der Waals surface area contributed by atoms with Crippen molar-refractivity contribution >= 4 is 29.1 Å². The molecule has 0 spiro atoms. The van der Waals surface area contributed by atoms with Gasteiger partial charge in [0.1, 0.15) is 0 Å². The molecule has 0 atom stereocenters. The second-order valence-corrected chi connectivity index (χ2v) is 5.38. The molecule has 0 aliphatic rings. The van der Waals surface area contributed by atoms with Gasteiger partial charge >= 0.3 is 0 Å². The van der Waals surface area contributed by atoms with Gasteiger partial charge in [-0.1, -0.05) is 35.3 Å². The van der Waals surface area contributed by atoms with Crippen LogP contribution in [0.25, 0.3) is 0 Å². The number of hydrogen-bond donors (Lipinski definition) is 0. The SMILES string of the molecule is CN(Cc1ccc(Cl)cc1)C(=O)c1cc(F)c(F)cc1Cl. The fourth-order valence-electron chi connectivity index (χ4n) is 1.83. The van der Waals surface area contributed by atoms with Crippen LogP contribution in [0.3, 0.4) is 0 Å². The monoisotopic (exact) mass is 329 g/mol. The summed E-state index contributed by atoms with van der Waals surface area (Å²) in [6.07, 6.45) is 0. The molecule has 0 saturated heterocycles. The number of carbonyl (C=O) groups is 1. The van der Waals surface area contributed by atoms with Crippen molar-refractivity contribution in [2.45, 2.75) is 6.54 Å². The van der Waals surface area contributed by atoms with Crippen LogP contribution in [-0.2, 0) is 6.54 Å². The maximum Gasteiger partial charge on any atom is 0.255 e. The molecule has 0 saturated carbocycles. The van der Waals surface area contributed by atoms with Gasteiger partial charge in [0.15, 0.2) is 11.6 Å². The molecule has 2 nitrogen and oxygen atoms in total. The van der Waals surface area contributed by atoms with Gasteiger partial charge in [-0.05, 0) is 29.8 Å². The van der Waals surface area contributed by atoms with E-state index in [4.69, 9.17) is 23.2 Å². The zero-order chi connectivity index (χ0) is 15.6. The Labute approximate surface area is 130 Å². The van der Waals surface area contributed by atoms with Crippen molar-refractivity contribution < 1.29 is 13.6 Å². The summed E-state index contributed by atoms with van der Waals surface area (Å²) >= 11 is 11.6. The van der Waals surface area contributed by atoms with Crippen molar-refractivity contribution in [3.05, 3.63) is 69.2 Å². The third kappa shape index (κ3) is 3.71. The van der Waals surface area contributed by atoms with Crippen LogP contribution < -0.4 is 0 Å². The maximum absolute atomic E-state index is 13.2. The molecule has 2 aromatic carbocycles. The largest absolute Gasteiger partial charge is 0.337 e. The summed E-state index contributed by atoms with van der Waals surface area (Å²) in [5.74, 6) is -2.69. The zero-order valence-corrected chi connectivity index (χ0v) is 12.6. The highest BCUT2D eigenvalue weighted by Crippen LogP contribution is 2.22. The summed E-state index contributed by atoms with van der Waals surface area (Å²) in [6.45, 7) is 0.297. The Morgan fingerprint density at radius 3 is 2.29 bits per heavy atom. The molecule has 0 bridgehead atoms. The molecular weight excluding hydrogens is 319 g/mol. The average molecular weight is 330 g/mol. The normalized spacial score (nSPS) is 10.5. The van der Waals surface area contributed by atoms with Gasteiger partial charge in [-0.15, -0.1) is 0 Å². The van der Waals surface area contributed by atoms with Crippen molar-refractivity contribution in [3.63, 3.8) is 0 Å². The summed E-state index contributed by atoms with van der Waals surface area (Å²) in [5.41, 5.74) is 0.779. The molecule has 0 radical (unpaired) electrons. The van der Waals surface area contributed by atoms with Crippen molar-refractivity contribution in [2.75, 3.05) is 7.05 Å². The Morgan fingerprint density at radius 2 is 1.67 bits per heavy atom. The van der Waals surface area contributed by atoms with Crippen molar-refractivity contribution in [3.8, 4) is 0 Å². The van der Waals surface area contributed by atoms with Crippen LogP contribution in [0, 0.1) is 11.6 Å². The van der Waals surface area contributed by atoms with E-state index in [1.165, 1.54) is 4.90 Å². The number of carbonyl (C=O) groups excluding carboxylic acids is 1. The topological polar surface area (TPSA) is 20.3 Å². The van der Waals surface area contributed by atoms with Crippen LogP contribution in [0.2, 0.25) is 10.0 Å². The number of nitrogens with zero attached hydrogens (tertiary/aromatic N) is 1. The lowest BCUT2D eigenvalue weighted by Crippen LogP contribution is -2.26. The van der Waals surface area contributed by atoms with Crippen molar-refractivity contribution in [2.24, 2.45) is 0 Å². The summed E-state index contributed by atoms with van der Waals surface area (Å²) in [4.78, 5) is 13.6. The molecule has 0 heterocycles. The first-order valence-corrected chi connectivity index (χ1v) is 6.78. The van der Waals surface area contributed by atoms with E-state index in [9.17, 15) is 13.6 Å². The molecule has 0 aliphatic carbocycles. The molecule has 2 aromatic rings. The van der Waals surface area contributed by atoms with Gasteiger partial charge in [0.05, 0.1) is 10.6 Å². The smallest absolute Gasteiger partial charge is 0.255 e. The average Bonchev–Trinajstić information content (AvgIpc) is 2.44. The summed E-state index contributed by atoms with van der Waals surface area (Å²) < 4.78 is 26.2. The second-order valence-electron chi connectivity index (χ2n) is 4.53. The molecule has 21 heavy (non-hydrogen) atoms. The second kappa shape index (κ2) is 6.41. The van der Waals surface area contributed by atoms with Crippen LogP contribution in [0.1, 0.15) is 15.9 Å².